The molecule has 2 aromatic rings. The lowest BCUT2D eigenvalue weighted by molar-refractivity contribution is 0.339. The summed E-state index contributed by atoms with van der Waals surface area (Å²) >= 11 is 0. The Morgan fingerprint density at radius 2 is 1.81 bits per heavy atom. The Hall–Kier alpha value is -2.00. The molecule has 3 heteroatoms. The summed E-state index contributed by atoms with van der Waals surface area (Å²) in [7, 11) is 1.68. The molecule has 2 rings (SSSR count). The fraction of sp³-hybridized carbons (Fsp3) is 0.333. The topological polar surface area (TPSA) is 44.5 Å². The second-order valence-corrected chi connectivity index (χ2v) is 5.00. The molecule has 0 aliphatic heterocycles. The highest BCUT2D eigenvalue weighted by molar-refractivity contribution is 5.31. The summed E-state index contributed by atoms with van der Waals surface area (Å²) in [5, 5.41) is 0. The van der Waals surface area contributed by atoms with Crippen LogP contribution in [-0.4, -0.2) is 13.7 Å². The van der Waals surface area contributed by atoms with Crippen molar-refractivity contribution in [3.05, 3.63) is 59.7 Å². The Balaban J connectivity index is 1.94. The Labute approximate surface area is 126 Å². The SMILES string of the molecule is CCOc1cccc(C(N)CCc2ccc(OC)cc2)c1. The highest BCUT2D eigenvalue weighted by atomic mass is 16.5. The van der Waals surface area contributed by atoms with Gasteiger partial charge in [-0.3, -0.25) is 0 Å². The maximum Gasteiger partial charge on any atom is 0.119 e. The highest BCUT2D eigenvalue weighted by Crippen LogP contribution is 2.22. The lowest BCUT2D eigenvalue weighted by atomic mass is 9.99. The molecule has 1 unspecified atom stereocenters. The Bertz CT molecular complexity index is 551. The third kappa shape index (κ3) is 4.50. The Morgan fingerprint density at radius 3 is 2.48 bits per heavy atom. The third-order valence-electron chi connectivity index (χ3n) is 3.50. The predicted molar refractivity (Wildman–Crippen MR) is 85.9 cm³/mol. The summed E-state index contributed by atoms with van der Waals surface area (Å²) < 4.78 is 10.7. The van der Waals surface area contributed by atoms with Gasteiger partial charge in [-0.15, -0.1) is 0 Å². The first-order valence-corrected chi connectivity index (χ1v) is 7.34. The highest BCUT2D eigenvalue weighted by Gasteiger charge is 2.07. The summed E-state index contributed by atoms with van der Waals surface area (Å²) in [6.45, 7) is 2.65. The van der Waals surface area contributed by atoms with Gasteiger partial charge in [-0.2, -0.15) is 0 Å². The maximum atomic E-state index is 6.28. The van der Waals surface area contributed by atoms with Crippen molar-refractivity contribution in [2.75, 3.05) is 13.7 Å². The van der Waals surface area contributed by atoms with E-state index >= 15 is 0 Å². The molecule has 21 heavy (non-hydrogen) atoms. The zero-order valence-electron chi connectivity index (χ0n) is 12.7. The van der Waals surface area contributed by atoms with Gasteiger partial charge in [0.1, 0.15) is 11.5 Å². The van der Waals surface area contributed by atoms with E-state index in [0.717, 1.165) is 29.9 Å². The van der Waals surface area contributed by atoms with Gasteiger partial charge in [0.05, 0.1) is 13.7 Å². The third-order valence-corrected chi connectivity index (χ3v) is 3.50. The first kappa shape index (κ1) is 15.4. The van der Waals surface area contributed by atoms with Crippen LogP contribution in [-0.2, 0) is 6.42 Å². The normalized spacial score (nSPS) is 12.0. The van der Waals surface area contributed by atoms with Crippen molar-refractivity contribution in [2.24, 2.45) is 5.73 Å². The number of ether oxygens (including phenoxy) is 2. The standard InChI is InChI=1S/C18H23NO2/c1-3-21-17-6-4-5-15(13-17)18(19)12-9-14-7-10-16(20-2)11-8-14/h4-8,10-11,13,18H,3,9,12,19H2,1-2H3. The van der Waals surface area contributed by atoms with Gasteiger partial charge in [0.2, 0.25) is 0 Å². The molecule has 0 fully saturated rings. The fourth-order valence-electron chi connectivity index (χ4n) is 2.28. The van der Waals surface area contributed by atoms with Crippen LogP contribution in [0.1, 0.15) is 30.5 Å². The second kappa shape index (κ2) is 7.70. The van der Waals surface area contributed by atoms with Crippen molar-refractivity contribution in [2.45, 2.75) is 25.8 Å². The molecule has 1 atom stereocenters. The molecule has 0 spiro atoms. The van der Waals surface area contributed by atoms with Crippen LogP contribution in [0.3, 0.4) is 0 Å². The van der Waals surface area contributed by atoms with Crippen LogP contribution in [0.25, 0.3) is 0 Å². The van der Waals surface area contributed by atoms with Crippen LogP contribution >= 0.6 is 0 Å². The summed E-state index contributed by atoms with van der Waals surface area (Å²) in [4.78, 5) is 0. The minimum atomic E-state index is 0.0208. The first-order chi connectivity index (χ1) is 10.2. The molecule has 0 radical (unpaired) electrons. The number of aryl methyl sites for hydroxylation is 1. The smallest absolute Gasteiger partial charge is 0.119 e. The lowest BCUT2D eigenvalue weighted by Crippen LogP contribution is -2.11. The average molecular weight is 285 g/mol. The molecular weight excluding hydrogens is 262 g/mol. The summed E-state index contributed by atoms with van der Waals surface area (Å²) in [5.41, 5.74) is 8.67. The molecule has 0 bridgehead atoms. The Kier molecular flexibility index (Phi) is 5.64. The maximum absolute atomic E-state index is 6.28. The number of nitrogens with two attached hydrogens (primary N) is 1. The van der Waals surface area contributed by atoms with E-state index in [-0.39, 0.29) is 6.04 Å². The van der Waals surface area contributed by atoms with Crippen LogP contribution in [0.2, 0.25) is 0 Å². The minimum absolute atomic E-state index is 0.0208. The number of benzene rings is 2. The van der Waals surface area contributed by atoms with Crippen LogP contribution in [0.15, 0.2) is 48.5 Å². The van der Waals surface area contributed by atoms with Gasteiger partial charge >= 0.3 is 0 Å². The van der Waals surface area contributed by atoms with E-state index in [1.807, 2.05) is 37.3 Å². The summed E-state index contributed by atoms with van der Waals surface area (Å²) in [6, 6.07) is 16.2. The van der Waals surface area contributed by atoms with Gasteiger partial charge in [-0.25, -0.2) is 0 Å². The molecule has 0 aliphatic carbocycles. The van der Waals surface area contributed by atoms with Crippen molar-refractivity contribution < 1.29 is 9.47 Å². The van der Waals surface area contributed by atoms with Gasteiger partial charge in [-0.05, 0) is 55.2 Å². The second-order valence-electron chi connectivity index (χ2n) is 5.00. The van der Waals surface area contributed by atoms with Gasteiger partial charge in [0.25, 0.3) is 0 Å². The van der Waals surface area contributed by atoms with Crippen molar-refractivity contribution in [3.8, 4) is 11.5 Å². The van der Waals surface area contributed by atoms with E-state index in [1.54, 1.807) is 7.11 Å². The predicted octanol–water partition coefficient (Wildman–Crippen LogP) is 3.73. The van der Waals surface area contributed by atoms with Gasteiger partial charge < -0.3 is 15.2 Å². The zero-order chi connectivity index (χ0) is 15.1. The molecule has 0 saturated heterocycles. The lowest BCUT2D eigenvalue weighted by Gasteiger charge is -2.13. The van der Waals surface area contributed by atoms with Crippen LogP contribution < -0.4 is 15.2 Å². The molecule has 0 saturated carbocycles. The van der Waals surface area contributed by atoms with E-state index in [4.69, 9.17) is 15.2 Å². The minimum Gasteiger partial charge on any atom is -0.497 e. The van der Waals surface area contributed by atoms with Crippen LogP contribution in [0.5, 0.6) is 11.5 Å². The van der Waals surface area contributed by atoms with Crippen LogP contribution in [0, 0.1) is 0 Å². The largest absolute Gasteiger partial charge is 0.497 e. The van der Waals surface area contributed by atoms with Gasteiger partial charge in [0.15, 0.2) is 0 Å². The average Bonchev–Trinajstić information content (AvgIpc) is 2.53. The van der Waals surface area contributed by atoms with E-state index in [2.05, 4.69) is 18.2 Å². The van der Waals surface area contributed by atoms with E-state index in [1.165, 1.54) is 5.56 Å². The summed E-state index contributed by atoms with van der Waals surface area (Å²) in [5.74, 6) is 1.77. The van der Waals surface area contributed by atoms with E-state index in [9.17, 15) is 0 Å². The zero-order valence-corrected chi connectivity index (χ0v) is 12.7. The van der Waals surface area contributed by atoms with Crippen molar-refractivity contribution in [3.63, 3.8) is 0 Å². The molecule has 0 amide bonds. The number of hydrogen-bond donors (Lipinski definition) is 1. The molecule has 3 nitrogen and oxygen atoms in total. The number of rotatable bonds is 7. The van der Waals surface area contributed by atoms with Gasteiger partial charge in [0, 0.05) is 6.04 Å². The molecule has 112 valence electrons. The van der Waals surface area contributed by atoms with Crippen molar-refractivity contribution in [1.82, 2.24) is 0 Å². The Morgan fingerprint density at radius 1 is 1.05 bits per heavy atom. The molecule has 0 aliphatic rings. The first-order valence-electron chi connectivity index (χ1n) is 7.34. The number of methoxy groups -OCH3 is 1. The van der Waals surface area contributed by atoms with E-state index in [0.29, 0.717) is 6.61 Å². The number of hydrogen-bond acceptors (Lipinski definition) is 3. The fourth-order valence-corrected chi connectivity index (χ4v) is 2.28. The monoisotopic (exact) mass is 285 g/mol. The van der Waals surface area contributed by atoms with E-state index < -0.39 is 0 Å². The van der Waals surface area contributed by atoms with Gasteiger partial charge in [-0.1, -0.05) is 24.3 Å². The van der Waals surface area contributed by atoms with Crippen molar-refractivity contribution >= 4 is 0 Å². The molecular formula is C18H23NO2. The van der Waals surface area contributed by atoms with Crippen molar-refractivity contribution in [1.29, 1.82) is 0 Å². The quantitative estimate of drug-likeness (QED) is 0.843. The van der Waals surface area contributed by atoms with Crippen LogP contribution in [0.4, 0.5) is 0 Å². The molecule has 2 N–H and O–H groups in total. The molecule has 2 aromatic carbocycles. The molecule has 0 aromatic heterocycles. The molecule has 0 heterocycles. The summed E-state index contributed by atoms with van der Waals surface area (Å²) in [6.07, 6.45) is 1.85.